The summed E-state index contributed by atoms with van der Waals surface area (Å²) < 4.78 is 25.7. The highest BCUT2D eigenvalue weighted by Crippen LogP contribution is 2.26. The maximum atomic E-state index is 11.7. The second kappa shape index (κ2) is 6.77. The molecule has 0 saturated heterocycles. The molecular formula is C13H23N3O2S. The van der Waals surface area contributed by atoms with Crippen LogP contribution in [-0.4, -0.2) is 28.6 Å². The third-order valence-electron chi connectivity index (χ3n) is 2.91. The van der Waals surface area contributed by atoms with Crippen molar-refractivity contribution in [3.8, 4) is 0 Å². The van der Waals surface area contributed by atoms with Gasteiger partial charge in [-0.25, -0.2) is 13.1 Å². The smallest absolute Gasteiger partial charge is 0.240 e. The fourth-order valence-electron chi connectivity index (χ4n) is 2.00. The highest BCUT2D eigenvalue weighted by molar-refractivity contribution is 7.89. The lowest BCUT2D eigenvalue weighted by molar-refractivity contribution is 0.588. The van der Waals surface area contributed by atoms with E-state index in [-0.39, 0.29) is 4.90 Å². The number of anilines is 2. The Balaban J connectivity index is 3.12. The molecule has 0 bridgehead atoms. The minimum absolute atomic E-state index is 0.198. The van der Waals surface area contributed by atoms with Crippen LogP contribution in [0, 0.1) is 0 Å². The number of nitrogens with two attached hydrogens (primary N) is 1. The summed E-state index contributed by atoms with van der Waals surface area (Å²) in [4.78, 5) is 2.38. The molecule has 0 aromatic heterocycles. The molecule has 1 aromatic carbocycles. The lowest BCUT2D eigenvalue weighted by atomic mass is 10.2. The first-order chi connectivity index (χ1) is 8.96. The molecular weight excluding hydrogens is 262 g/mol. The molecule has 0 radical (unpaired) electrons. The SMILES string of the molecule is CCCN(CCC)c1ccc(S(=O)(=O)NC)cc1N. The van der Waals surface area contributed by atoms with Crippen LogP contribution in [0.1, 0.15) is 26.7 Å². The molecule has 1 rings (SSSR count). The third kappa shape index (κ3) is 3.84. The normalized spacial score (nSPS) is 11.5. The standard InChI is InChI=1S/C13H23N3O2S/c1-4-8-16(9-5-2)13-7-6-11(10-12(13)14)19(17,18)15-3/h6-7,10,15H,4-5,8-9,14H2,1-3H3. The average Bonchev–Trinajstić information content (AvgIpc) is 2.38. The Labute approximate surface area is 115 Å². The molecule has 5 nitrogen and oxygen atoms in total. The summed E-state index contributed by atoms with van der Waals surface area (Å²) in [5.74, 6) is 0. The van der Waals surface area contributed by atoms with E-state index in [9.17, 15) is 8.42 Å². The van der Waals surface area contributed by atoms with Crippen LogP contribution in [0.15, 0.2) is 23.1 Å². The number of nitrogens with one attached hydrogen (secondary N) is 1. The topological polar surface area (TPSA) is 75.4 Å². The van der Waals surface area contributed by atoms with Crippen molar-refractivity contribution in [3.63, 3.8) is 0 Å². The van der Waals surface area contributed by atoms with E-state index < -0.39 is 10.0 Å². The molecule has 0 heterocycles. The minimum atomic E-state index is -3.44. The fraction of sp³-hybridized carbons (Fsp3) is 0.538. The molecule has 0 atom stereocenters. The Kier molecular flexibility index (Phi) is 5.62. The Hall–Kier alpha value is -1.27. The van der Waals surface area contributed by atoms with Crippen LogP contribution in [-0.2, 0) is 10.0 Å². The second-order valence-corrected chi connectivity index (χ2v) is 6.30. The van der Waals surface area contributed by atoms with Crippen LogP contribution in [0.4, 0.5) is 11.4 Å². The largest absolute Gasteiger partial charge is 0.397 e. The molecule has 3 N–H and O–H groups in total. The summed E-state index contributed by atoms with van der Waals surface area (Å²) in [6.45, 7) is 6.05. The number of nitrogen functional groups attached to an aromatic ring is 1. The monoisotopic (exact) mass is 285 g/mol. The zero-order valence-corrected chi connectivity index (χ0v) is 12.6. The van der Waals surface area contributed by atoms with Gasteiger partial charge in [-0.2, -0.15) is 0 Å². The summed E-state index contributed by atoms with van der Waals surface area (Å²) in [6.07, 6.45) is 2.05. The van der Waals surface area contributed by atoms with Crippen LogP contribution in [0.2, 0.25) is 0 Å². The summed E-state index contributed by atoms with van der Waals surface area (Å²) in [7, 11) is -2.05. The highest BCUT2D eigenvalue weighted by atomic mass is 32.2. The Morgan fingerprint density at radius 2 is 1.79 bits per heavy atom. The number of nitrogens with zero attached hydrogens (tertiary/aromatic N) is 1. The van der Waals surface area contributed by atoms with Gasteiger partial charge in [-0.3, -0.25) is 0 Å². The van der Waals surface area contributed by atoms with Gasteiger partial charge in [-0.1, -0.05) is 13.8 Å². The predicted octanol–water partition coefficient (Wildman–Crippen LogP) is 1.80. The van der Waals surface area contributed by atoms with Crippen molar-refractivity contribution in [1.82, 2.24) is 4.72 Å². The van der Waals surface area contributed by atoms with E-state index in [4.69, 9.17) is 5.73 Å². The first-order valence-electron chi connectivity index (χ1n) is 6.54. The third-order valence-corrected chi connectivity index (χ3v) is 4.32. The van der Waals surface area contributed by atoms with Crippen molar-refractivity contribution in [2.45, 2.75) is 31.6 Å². The van der Waals surface area contributed by atoms with Crippen LogP contribution in [0.3, 0.4) is 0 Å². The molecule has 6 heteroatoms. The van der Waals surface area contributed by atoms with Crippen molar-refractivity contribution < 1.29 is 8.42 Å². The first-order valence-corrected chi connectivity index (χ1v) is 8.02. The molecule has 19 heavy (non-hydrogen) atoms. The molecule has 0 saturated carbocycles. The summed E-state index contributed by atoms with van der Waals surface area (Å²) in [5, 5.41) is 0. The molecule has 1 aromatic rings. The van der Waals surface area contributed by atoms with Crippen molar-refractivity contribution >= 4 is 21.4 Å². The summed E-state index contributed by atoms with van der Waals surface area (Å²) in [5.41, 5.74) is 7.40. The zero-order valence-electron chi connectivity index (χ0n) is 11.8. The van der Waals surface area contributed by atoms with Crippen molar-refractivity contribution in [2.24, 2.45) is 0 Å². The average molecular weight is 285 g/mol. The maximum absolute atomic E-state index is 11.7. The van der Waals surface area contributed by atoms with Gasteiger partial charge in [-0.05, 0) is 38.1 Å². The molecule has 0 amide bonds. The van der Waals surface area contributed by atoms with E-state index in [2.05, 4.69) is 23.5 Å². The maximum Gasteiger partial charge on any atom is 0.240 e. The van der Waals surface area contributed by atoms with Gasteiger partial charge in [0, 0.05) is 13.1 Å². The van der Waals surface area contributed by atoms with Crippen LogP contribution in [0.5, 0.6) is 0 Å². The van der Waals surface area contributed by atoms with Gasteiger partial charge >= 0.3 is 0 Å². The molecule has 0 spiro atoms. The summed E-state index contributed by atoms with van der Waals surface area (Å²) in [6, 6.07) is 4.89. The molecule has 0 aliphatic rings. The van der Waals surface area contributed by atoms with E-state index in [1.54, 1.807) is 12.1 Å². The van der Waals surface area contributed by atoms with E-state index in [0.717, 1.165) is 31.6 Å². The Bertz CT molecular complexity index is 509. The lowest BCUT2D eigenvalue weighted by Crippen LogP contribution is -2.26. The van der Waals surface area contributed by atoms with E-state index in [1.807, 2.05) is 0 Å². The summed E-state index contributed by atoms with van der Waals surface area (Å²) >= 11 is 0. The second-order valence-electron chi connectivity index (χ2n) is 4.42. The van der Waals surface area contributed by atoms with Gasteiger partial charge < -0.3 is 10.6 Å². The van der Waals surface area contributed by atoms with Crippen molar-refractivity contribution in [2.75, 3.05) is 30.8 Å². The van der Waals surface area contributed by atoms with E-state index >= 15 is 0 Å². The van der Waals surface area contributed by atoms with Crippen LogP contribution < -0.4 is 15.4 Å². The quantitative estimate of drug-likeness (QED) is 0.749. The highest BCUT2D eigenvalue weighted by Gasteiger charge is 2.15. The van der Waals surface area contributed by atoms with E-state index in [1.165, 1.54) is 13.1 Å². The number of hydrogen-bond donors (Lipinski definition) is 2. The molecule has 0 aliphatic heterocycles. The van der Waals surface area contributed by atoms with Gasteiger partial charge in [0.2, 0.25) is 10.0 Å². The predicted molar refractivity (Wildman–Crippen MR) is 79.9 cm³/mol. The van der Waals surface area contributed by atoms with Crippen molar-refractivity contribution in [3.05, 3.63) is 18.2 Å². The Morgan fingerprint density at radius 3 is 2.21 bits per heavy atom. The molecule has 0 fully saturated rings. The number of benzene rings is 1. The zero-order chi connectivity index (χ0) is 14.5. The van der Waals surface area contributed by atoms with Gasteiger partial charge in [0.15, 0.2) is 0 Å². The molecule has 0 aliphatic carbocycles. The van der Waals surface area contributed by atoms with Gasteiger partial charge in [0.25, 0.3) is 0 Å². The molecule has 108 valence electrons. The lowest BCUT2D eigenvalue weighted by Gasteiger charge is -2.25. The van der Waals surface area contributed by atoms with Gasteiger partial charge in [0.05, 0.1) is 16.3 Å². The first kappa shape index (κ1) is 15.8. The Morgan fingerprint density at radius 1 is 1.21 bits per heavy atom. The fourth-order valence-corrected chi connectivity index (χ4v) is 2.76. The van der Waals surface area contributed by atoms with Crippen molar-refractivity contribution in [1.29, 1.82) is 0 Å². The van der Waals surface area contributed by atoms with Crippen LogP contribution in [0.25, 0.3) is 0 Å². The molecule has 0 unspecified atom stereocenters. The number of rotatable bonds is 7. The van der Waals surface area contributed by atoms with Gasteiger partial charge in [0.1, 0.15) is 0 Å². The van der Waals surface area contributed by atoms with E-state index in [0.29, 0.717) is 5.69 Å². The number of sulfonamides is 1. The van der Waals surface area contributed by atoms with Gasteiger partial charge in [-0.15, -0.1) is 0 Å². The van der Waals surface area contributed by atoms with Crippen LogP contribution >= 0.6 is 0 Å². The minimum Gasteiger partial charge on any atom is -0.397 e. The number of hydrogen-bond acceptors (Lipinski definition) is 4.